The van der Waals surface area contributed by atoms with Crippen molar-refractivity contribution in [2.45, 2.75) is 32.9 Å². The summed E-state index contributed by atoms with van der Waals surface area (Å²) < 4.78 is 12.2. The molecule has 0 saturated heterocycles. The lowest BCUT2D eigenvalue weighted by molar-refractivity contribution is 0.0924. The van der Waals surface area contributed by atoms with Gasteiger partial charge in [0.1, 0.15) is 12.0 Å². The van der Waals surface area contributed by atoms with Gasteiger partial charge in [-0.25, -0.2) is 9.97 Å². The average Bonchev–Trinajstić information content (AvgIpc) is 3.23. The van der Waals surface area contributed by atoms with E-state index in [1.54, 1.807) is 11.3 Å². The molecule has 144 valence electrons. The summed E-state index contributed by atoms with van der Waals surface area (Å²) in [6.45, 7) is 4.94. The molecule has 0 bridgehead atoms. The van der Waals surface area contributed by atoms with Gasteiger partial charge in [0.15, 0.2) is 12.3 Å². The third-order valence-electron chi connectivity index (χ3n) is 4.03. The summed E-state index contributed by atoms with van der Waals surface area (Å²) in [5, 5.41) is 3.99. The van der Waals surface area contributed by atoms with E-state index in [-0.39, 0.29) is 24.2 Å². The van der Waals surface area contributed by atoms with Gasteiger partial charge in [-0.2, -0.15) is 0 Å². The molecule has 0 spiro atoms. The van der Waals surface area contributed by atoms with Crippen molar-refractivity contribution in [2.24, 2.45) is 0 Å². The summed E-state index contributed by atoms with van der Waals surface area (Å²) in [5.74, 6) is 0.808. The number of aryl methyl sites for hydroxylation is 1. The molecule has 2 heterocycles. The summed E-state index contributed by atoms with van der Waals surface area (Å²) >= 11 is 1.65. The number of hydrogen-bond acceptors (Lipinski definition) is 7. The largest absolute Gasteiger partial charge is 0.484 e. The predicted octanol–water partition coefficient (Wildman–Crippen LogP) is 3.24. The minimum atomic E-state index is -0.238. The van der Waals surface area contributed by atoms with E-state index < -0.39 is 0 Å². The lowest BCUT2D eigenvalue weighted by Gasteiger charge is -2.20. The molecule has 0 aliphatic heterocycles. The molecule has 3 rings (SSSR count). The summed E-state index contributed by atoms with van der Waals surface area (Å²) in [7, 11) is 3.95. The highest BCUT2D eigenvalue weighted by molar-refractivity contribution is 7.18. The molecule has 1 N–H and O–H groups in total. The van der Waals surface area contributed by atoms with Crippen LogP contribution in [-0.2, 0) is 6.61 Å². The smallest absolute Gasteiger partial charge is 0.273 e. The molecule has 0 fully saturated rings. The molecule has 27 heavy (non-hydrogen) atoms. The first kappa shape index (κ1) is 19.3. The Morgan fingerprint density at radius 1 is 1.37 bits per heavy atom. The molecule has 0 radical (unpaired) electrons. The molecule has 2 aromatic heterocycles. The van der Waals surface area contributed by atoms with E-state index in [1.165, 1.54) is 6.26 Å². The van der Waals surface area contributed by atoms with Crippen LogP contribution in [0.3, 0.4) is 0 Å². The second-order valence-corrected chi connectivity index (χ2v) is 7.85. The highest BCUT2D eigenvalue weighted by Gasteiger charge is 2.17. The first-order valence-electron chi connectivity index (χ1n) is 8.84. The van der Waals surface area contributed by atoms with Crippen molar-refractivity contribution < 1.29 is 13.9 Å². The summed E-state index contributed by atoms with van der Waals surface area (Å²) in [4.78, 5) is 23.1. The van der Waals surface area contributed by atoms with Crippen LogP contribution in [0.5, 0.6) is 5.75 Å². The lowest BCUT2D eigenvalue weighted by Crippen LogP contribution is -2.41. The van der Waals surface area contributed by atoms with Gasteiger partial charge in [0.25, 0.3) is 5.91 Å². The van der Waals surface area contributed by atoms with Gasteiger partial charge in [-0.05, 0) is 39.6 Å². The fourth-order valence-electron chi connectivity index (χ4n) is 2.72. The number of hydrogen-bond donors (Lipinski definition) is 1. The van der Waals surface area contributed by atoms with Crippen LogP contribution in [0.2, 0.25) is 0 Å². The molecule has 7 nitrogen and oxygen atoms in total. The van der Waals surface area contributed by atoms with Crippen LogP contribution < -0.4 is 10.1 Å². The van der Waals surface area contributed by atoms with Crippen molar-refractivity contribution in [3.05, 3.63) is 41.1 Å². The third kappa shape index (κ3) is 5.05. The maximum atomic E-state index is 12.3. The Morgan fingerprint density at radius 3 is 2.93 bits per heavy atom. The van der Waals surface area contributed by atoms with Crippen LogP contribution >= 0.6 is 11.3 Å². The fraction of sp³-hybridized carbons (Fsp3) is 0.421. The van der Waals surface area contributed by atoms with Gasteiger partial charge in [0.2, 0.25) is 5.89 Å². The van der Waals surface area contributed by atoms with Crippen molar-refractivity contribution >= 4 is 27.5 Å². The van der Waals surface area contributed by atoms with Crippen molar-refractivity contribution in [1.82, 2.24) is 20.2 Å². The number of likely N-dealkylation sites (N-methyl/N-ethyl adjacent to an activating group) is 1. The van der Waals surface area contributed by atoms with E-state index in [1.807, 2.05) is 51.0 Å². The summed E-state index contributed by atoms with van der Waals surface area (Å²) in [6.07, 6.45) is 2.21. The number of nitrogens with zero attached hydrogens (tertiary/aromatic N) is 3. The summed E-state index contributed by atoms with van der Waals surface area (Å²) in [6, 6.07) is 5.84. The lowest BCUT2D eigenvalue weighted by atomic mass is 10.2. The number of thiazole rings is 1. The van der Waals surface area contributed by atoms with Crippen LogP contribution in [0, 0.1) is 6.92 Å². The molecule has 0 saturated carbocycles. The van der Waals surface area contributed by atoms with E-state index in [9.17, 15) is 4.79 Å². The predicted molar refractivity (Wildman–Crippen MR) is 105 cm³/mol. The quantitative estimate of drug-likeness (QED) is 0.638. The molecular weight excluding hydrogens is 364 g/mol. The first-order valence-corrected chi connectivity index (χ1v) is 9.66. The van der Waals surface area contributed by atoms with E-state index in [2.05, 4.69) is 15.3 Å². The van der Waals surface area contributed by atoms with Gasteiger partial charge < -0.3 is 19.4 Å². The van der Waals surface area contributed by atoms with Crippen LogP contribution in [0.4, 0.5) is 0 Å². The molecule has 1 amide bonds. The molecule has 1 aromatic carbocycles. The summed E-state index contributed by atoms with van der Waals surface area (Å²) in [5.41, 5.74) is 1.17. The Hall–Kier alpha value is -2.45. The number of fused-ring (bicyclic) bond motifs is 1. The van der Waals surface area contributed by atoms with Gasteiger partial charge in [-0.1, -0.05) is 6.92 Å². The zero-order valence-corrected chi connectivity index (χ0v) is 16.8. The highest BCUT2D eigenvalue weighted by atomic mass is 32.1. The van der Waals surface area contributed by atoms with Gasteiger partial charge in [0, 0.05) is 18.7 Å². The van der Waals surface area contributed by atoms with Gasteiger partial charge in [-0.15, -0.1) is 11.3 Å². The standard InChI is InChI=1S/C19H24N4O3S/c1-5-13(9-23(3)4)21-19(24)16-10-26-18(22-16)11-25-14-6-7-17-15(8-14)20-12(2)27-17/h6-8,10,13H,5,9,11H2,1-4H3,(H,21,24). The molecule has 0 aliphatic rings. The number of benzene rings is 1. The van der Waals surface area contributed by atoms with Crippen molar-refractivity contribution in [1.29, 1.82) is 0 Å². The topological polar surface area (TPSA) is 80.5 Å². The van der Waals surface area contributed by atoms with E-state index in [0.29, 0.717) is 11.6 Å². The molecule has 1 atom stereocenters. The molecule has 1 unspecified atom stereocenters. The maximum Gasteiger partial charge on any atom is 0.273 e. The SMILES string of the molecule is CCC(CN(C)C)NC(=O)c1coc(COc2ccc3sc(C)nc3c2)n1. The highest BCUT2D eigenvalue weighted by Crippen LogP contribution is 2.25. The fourth-order valence-corrected chi connectivity index (χ4v) is 3.52. The number of rotatable bonds is 8. The molecule has 8 heteroatoms. The number of carbonyl (C=O) groups is 1. The monoisotopic (exact) mass is 388 g/mol. The minimum absolute atomic E-state index is 0.0668. The minimum Gasteiger partial charge on any atom is -0.484 e. The van der Waals surface area contributed by atoms with E-state index in [4.69, 9.17) is 9.15 Å². The zero-order valence-electron chi connectivity index (χ0n) is 16.0. The Morgan fingerprint density at radius 2 is 2.19 bits per heavy atom. The first-order chi connectivity index (χ1) is 12.9. The van der Waals surface area contributed by atoms with Crippen LogP contribution in [-0.4, -0.2) is 47.5 Å². The Bertz CT molecular complexity index is 919. The Labute approximate surface area is 162 Å². The second-order valence-electron chi connectivity index (χ2n) is 6.62. The second kappa shape index (κ2) is 8.49. The van der Waals surface area contributed by atoms with Gasteiger partial charge in [-0.3, -0.25) is 4.79 Å². The Kier molecular flexibility index (Phi) is 6.08. The Balaban J connectivity index is 1.58. The number of carbonyl (C=O) groups excluding carboxylic acids is 1. The number of oxazole rings is 1. The van der Waals surface area contributed by atoms with Gasteiger partial charge >= 0.3 is 0 Å². The zero-order chi connectivity index (χ0) is 19.4. The molecule has 0 aliphatic carbocycles. The number of aromatic nitrogens is 2. The van der Waals surface area contributed by atoms with Crippen LogP contribution in [0.25, 0.3) is 10.2 Å². The molecular formula is C19H24N4O3S. The van der Waals surface area contributed by atoms with Crippen molar-refractivity contribution in [2.75, 3.05) is 20.6 Å². The van der Waals surface area contributed by atoms with Crippen molar-refractivity contribution in [3.63, 3.8) is 0 Å². The van der Waals surface area contributed by atoms with Crippen LogP contribution in [0.15, 0.2) is 28.9 Å². The average molecular weight is 388 g/mol. The molecule has 3 aromatic rings. The third-order valence-corrected chi connectivity index (χ3v) is 4.98. The van der Waals surface area contributed by atoms with Crippen LogP contribution in [0.1, 0.15) is 34.7 Å². The maximum absolute atomic E-state index is 12.3. The van der Waals surface area contributed by atoms with Gasteiger partial charge in [0.05, 0.1) is 15.2 Å². The number of nitrogens with one attached hydrogen (secondary N) is 1. The van der Waals surface area contributed by atoms with E-state index in [0.717, 1.165) is 28.2 Å². The normalized spacial score (nSPS) is 12.5. The van der Waals surface area contributed by atoms with Crippen molar-refractivity contribution in [3.8, 4) is 5.75 Å². The number of amides is 1. The number of ether oxygens (including phenoxy) is 1. The van der Waals surface area contributed by atoms with E-state index >= 15 is 0 Å².